The molecular formula is C47H58O7S2. The maximum atomic E-state index is 13.3. The summed E-state index contributed by atoms with van der Waals surface area (Å²) in [5.41, 5.74) is 3.66. The zero-order valence-corrected chi connectivity index (χ0v) is 36.8. The van der Waals surface area contributed by atoms with Crippen LogP contribution >= 0.6 is 22.7 Å². The van der Waals surface area contributed by atoms with Crippen LogP contribution in [0, 0.1) is 21.7 Å². The number of carbonyl (C=O) groups is 4. The summed E-state index contributed by atoms with van der Waals surface area (Å²) in [7, 11) is 0. The zero-order valence-electron chi connectivity index (χ0n) is 35.1. The van der Waals surface area contributed by atoms with E-state index in [4.69, 9.17) is 14.2 Å². The Bertz CT molecular complexity index is 1980. The minimum absolute atomic E-state index is 0.0565. The molecule has 0 radical (unpaired) electrons. The molecule has 2 aliphatic carbocycles. The van der Waals surface area contributed by atoms with Gasteiger partial charge in [0, 0.05) is 31.0 Å². The van der Waals surface area contributed by atoms with Crippen molar-refractivity contribution in [2.45, 2.75) is 139 Å². The lowest BCUT2D eigenvalue weighted by Crippen LogP contribution is -2.30. The summed E-state index contributed by atoms with van der Waals surface area (Å²) in [6, 6.07) is 17.1. The molecule has 6 rings (SSSR count). The highest BCUT2D eigenvalue weighted by Gasteiger charge is 2.38. The van der Waals surface area contributed by atoms with Gasteiger partial charge < -0.3 is 14.2 Å². The minimum atomic E-state index is -0.646. The predicted octanol–water partition coefficient (Wildman–Crippen LogP) is 12.9. The number of ketones is 1. The van der Waals surface area contributed by atoms with E-state index in [1.807, 2.05) is 89.2 Å². The van der Waals surface area contributed by atoms with Crippen LogP contribution in [0.25, 0.3) is 30.3 Å². The largest absolute Gasteiger partial charge is 0.457 e. The third-order valence-electron chi connectivity index (χ3n) is 10.8. The Hall–Kier alpha value is -3.82. The van der Waals surface area contributed by atoms with Gasteiger partial charge in [0.25, 0.3) is 0 Å². The molecule has 0 saturated carbocycles. The third kappa shape index (κ3) is 8.99. The first-order valence-corrected chi connectivity index (χ1v) is 21.5. The number of ether oxygens (including phenoxy) is 3. The lowest BCUT2D eigenvalue weighted by atomic mass is 9.75. The van der Waals surface area contributed by atoms with Crippen molar-refractivity contribution in [2.24, 2.45) is 21.7 Å². The first-order valence-electron chi connectivity index (χ1n) is 19.9. The molecule has 4 unspecified atom stereocenters. The molecule has 4 atom stereocenters. The average molecular weight is 799 g/mol. The van der Waals surface area contributed by atoms with E-state index in [2.05, 4.69) is 42.5 Å². The van der Waals surface area contributed by atoms with Crippen molar-refractivity contribution in [1.29, 1.82) is 0 Å². The second kappa shape index (κ2) is 15.2. The van der Waals surface area contributed by atoms with Gasteiger partial charge in [0.15, 0.2) is 0 Å². The van der Waals surface area contributed by atoms with E-state index in [-0.39, 0.29) is 35.7 Å². The van der Waals surface area contributed by atoms with E-state index in [0.29, 0.717) is 25.7 Å². The van der Waals surface area contributed by atoms with Crippen LogP contribution in [0.1, 0.15) is 162 Å². The molecule has 0 saturated heterocycles. The number of Topliss-reactive ketones (excluding diaryl/α,β-unsaturated/α-hetero) is 1. The van der Waals surface area contributed by atoms with Gasteiger partial charge in [-0.15, -0.1) is 22.7 Å². The number of hydrogen-bond acceptors (Lipinski definition) is 9. The molecule has 2 aromatic carbocycles. The molecule has 2 heterocycles. The van der Waals surface area contributed by atoms with Gasteiger partial charge in [-0.25, -0.2) is 0 Å². The van der Waals surface area contributed by atoms with Crippen molar-refractivity contribution in [1.82, 2.24) is 0 Å². The van der Waals surface area contributed by atoms with Crippen molar-refractivity contribution < 1.29 is 33.4 Å². The second-order valence-electron chi connectivity index (χ2n) is 19.8. The van der Waals surface area contributed by atoms with E-state index < -0.39 is 33.9 Å². The molecule has 56 heavy (non-hydrogen) atoms. The summed E-state index contributed by atoms with van der Waals surface area (Å²) >= 11 is 3.45. The summed E-state index contributed by atoms with van der Waals surface area (Å²) in [6.07, 6.45) is 1.89. The Labute approximate surface area is 340 Å². The molecule has 0 spiro atoms. The Morgan fingerprint density at radius 1 is 0.500 bits per heavy atom. The summed E-state index contributed by atoms with van der Waals surface area (Å²) in [5.74, 6) is -0.450. The van der Waals surface area contributed by atoms with Gasteiger partial charge in [0.1, 0.15) is 24.1 Å². The zero-order chi connectivity index (χ0) is 41.1. The maximum Gasteiger partial charge on any atom is 0.311 e. The molecule has 2 aromatic heterocycles. The fourth-order valence-corrected chi connectivity index (χ4v) is 9.49. The number of benzene rings is 2. The van der Waals surface area contributed by atoms with E-state index in [1.54, 1.807) is 22.7 Å². The van der Waals surface area contributed by atoms with Gasteiger partial charge in [-0.05, 0) is 152 Å². The van der Waals surface area contributed by atoms with Crippen LogP contribution in [0.4, 0.5) is 0 Å². The Kier molecular flexibility index (Phi) is 11.3. The minimum Gasteiger partial charge on any atom is -0.457 e. The lowest BCUT2D eigenvalue weighted by molar-refractivity contribution is -0.165. The van der Waals surface area contributed by atoms with E-state index in [1.165, 1.54) is 9.40 Å². The van der Waals surface area contributed by atoms with Gasteiger partial charge in [-0.1, -0.05) is 45.0 Å². The Balaban J connectivity index is 1.32. The number of esters is 3. The van der Waals surface area contributed by atoms with Gasteiger partial charge in [-0.2, -0.15) is 0 Å². The number of hydrogen-bond donors (Lipinski definition) is 0. The van der Waals surface area contributed by atoms with Crippen molar-refractivity contribution in [3.63, 3.8) is 0 Å². The molecule has 0 aliphatic heterocycles. The lowest BCUT2D eigenvalue weighted by Gasteiger charge is -2.34. The molecule has 0 fully saturated rings. The number of rotatable bonds is 7. The quantitative estimate of drug-likeness (QED) is 0.136. The van der Waals surface area contributed by atoms with Crippen LogP contribution in [-0.4, -0.2) is 23.7 Å². The summed E-state index contributed by atoms with van der Waals surface area (Å²) in [4.78, 5) is 54.5. The fourth-order valence-electron chi connectivity index (χ4n) is 7.10. The number of fused-ring (bicyclic) bond motifs is 3. The molecule has 2 aliphatic rings. The van der Waals surface area contributed by atoms with Crippen molar-refractivity contribution in [3.8, 4) is 20.9 Å². The molecule has 0 amide bonds. The highest BCUT2D eigenvalue weighted by Crippen LogP contribution is 2.48. The summed E-state index contributed by atoms with van der Waals surface area (Å²) in [6.45, 7) is 22.7. The van der Waals surface area contributed by atoms with Crippen molar-refractivity contribution in [3.05, 3.63) is 70.8 Å². The van der Waals surface area contributed by atoms with Crippen LogP contribution in [-0.2, 0) is 33.4 Å². The molecule has 4 aromatic rings. The first kappa shape index (κ1) is 41.8. The van der Waals surface area contributed by atoms with Crippen molar-refractivity contribution >= 4 is 55.8 Å². The van der Waals surface area contributed by atoms with Crippen LogP contribution < -0.4 is 0 Å². The van der Waals surface area contributed by atoms with Crippen LogP contribution in [0.15, 0.2) is 48.5 Å². The molecule has 300 valence electrons. The maximum absolute atomic E-state index is 13.3. The van der Waals surface area contributed by atoms with Crippen LogP contribution in [0.5, 0.6) is 0 Å². The average Bonchev–Trinajstić information content (AvgIpc) is 3.68. The molecule has 0 N–H and O–H groups in total. The standard InChI is InChI=1S/C47H58O7S2/c1-44(2,3)40(48)23-26-15-18-33(52-41(49)45(4,5)6)29-16-13-27(21-31(26)29)36-24-38-39(55-36)25-37(56-38)28-14-17-30-32(22-28)35(54-43(51)47(10,11)12)20-19-34(30)53-42(50)46(7,8)9/h13-14,16-17,21-22,24-26,33-35H,15,18-20,23H2,1-12H3. The van der Waals surface area contributed by atoms with Gasteiger partial charge in [-0.3, -0.25) is 19.2 Å². The smallest absolute Gasteiger partial charge is 0.311 e. The molecular weight excluding hydrogens is 741 g/mol. The predicted molar refractivity (Wildman–Crippen MR) is 226 cm³/mol. The van der Waals surface area contributed by atoms with E-state index >= 15 is 0 Å². The first-order chi connectivity index (χ1) is 25.9. The van der Waals surface area contributed by atoms with Crippen LogP contribution in [0.2, 0.25) is 0 Å². The topological polar surface area (TPSA) is 96.0 Å². The highest BCUT2D eigenvalue weighted by molar-refractivity contribution is 7.31. The number of thiophene rings is 2. The summed E-state index contributed by atoms with van der Waals surface area (Å²) in [5, 5.41) is 0. The number of carbonyl (C=O) groups excluding carboxylic acids is 4. The van der Waals surface area contributed by atoms with Gasteiger partial charge in [0.2, 0.25) is 0 Å². The third-order valence-corrected chi connectivity index (χ3v) is 13.1. The summed E-state index contributed by atoms with van der Waals surface area (Å²) < 4.78 is 20.6. The van der Waals surface area contributed by atoms with E-state index in [9.17, 15) is 19.2 Å². The second-order valence-corrected chi connectivity index (χ2v) is 22.0. The SMILES string of the molecule is CC(C)(C)C(=O)CC1CCC(OC(=O)C(C)(C)C)c2ccc(-c3cc4sc(-c5ccc6c(c5)C(OC(=O)C(C)(C)C)CCC6OC(=O)C(C)(C)C)cc4s3)cc21. The monoisotopic (exact) mass is 798 g/mol. The van der Waals surface area contributed by atoms with Crippen molar-refractivity contribution in [2.75, 3.05) is 0 Å². The molecule has 0 bridgehead atoms. The molecule has 7 nitrogen and oxygen atoms in total. The van der Waals surface area contributed by atoms with Gasteiger partial charge >= 0.3 is 17.9 Å². The normalized spacial score (nSPS) is 20.2. The Morgan fingerprint density at radius 2 is 0.875 bits per heavy atom. The Morgan fingerprint density at radius 3 is 1.29 bits per heavy atom. The van der Waals surface area contributed by atoms with Crippen LogP contribution in [0.3, 0.4) is 0 Å². The van der Waals surface area contributed by atoms with Gasteiger partial charge in [0.05, 0.1) is 16.2 Å². The fraction of sp³-hybridized carbons (Fsp3) is 0.532. The molecule has 9 heteroatoms. The highest BCUT2D eigenvalue weighted by atomic mass is 32.1. The van der Waals surface area contributed by atoms with E-state index in [0.717, 1.165) is 49.6 Å².